The first kappa shape index (κ1) is 23.6. The highest BCUT2D eigenvalue weighted by Crippen LogP contribution is 2.42. The van der Waals surface area contributed by atoms with Crippen molar-refractivity contribution in [3.63, 3.8) is 0 Å². The van der Waals surface area contributed by atoms with Crippen LogP contribution in [0.1, 0.15) is 38.5 Å². The van der Waals surface area contributed by atoms with Crippen LogP contribution in [0, 0.1) is 23.6 Å². The molecule has 3 rings (SSSR count). The van der Waals surface area contributed by atoms with Gasteiger partial charge in [0.1, 0.15) is 0 Å². The summed E-state index contributed by atoms with van der Waals surface area (Å²) in [5, 5.41) is 19.2. The van der Waals surface area contributed by atoms with Gasteiger partial charge >= 0.3 is 5.97 Å². The maximum atomic E-state index is 14.3. The molecule has 1 saturated carbocycles. The number of carboxylic acid groups (broad SMARTS) is 1. The number of aliphatic hydroxyl groups is 1. The summed E-state index contributed by atoms with van der Waals surface area (Å²) in [6, 6.07) is 5.38. The van der Waals surface area contributed by atoms with Crippen LogP contribution in [0.2, 0.25) is 0 Å². The van der Waals surface area contributed by atoms with Gasteiger partial charge in [-0.25, -0.2) is 4.39 Å². The summed E-state index contributed by atoms with van der Waals surface area (Å²) in [5.74, 6) is -5.36. The van der Waals surface area contributed by atoms with Gasteiger partial charge in [0.25, 0.3) is 5.92 Å². The molecule has 8 heteroatoms. The van der Waals surface area contributed by atoms with Gasteiger partial charge in [0.15, 0.2) is 18.2 Å². The second-order valence-corrected chi connectivity index (χ2v) is 8.48. The molecule has 0 bridgehead atoms. The summed E-state index contributed by atoms with van der Waals surface area (Å²) < 4.78 is 53.0. The van der Waals surface area contributed by atoms with E-state index in [1.165, 1.54) is 24.3 Å². The lowest BCUT2D eigenvalue weighted by Gasteiger charge is -2.21. The summed E-state index contributed by atoms with van der Waals surface area (Å²) in [4.78, 5) is 10.7. The van der Waals surface area contributed by atoms with Crippen LogP contribution in [0.4, 0.5) is 13.2 Å². The van der Waals surface area contributed by atoms with Crippen molar-refractivity contribution < 1.29 is 37.7 Å². The molecule has 2 aliphatic rings. The predicted octanol–water partition coefficient (Wildman–Crippen LogP) is 4.44. The molecule has 1 heterocycles. The Labute approximate surface area is 179 Å². The Morgan fingerprint density at radius 3 is 2.81 bits per heavy atom. The van der Waals surface area contributed by atoms with E-state index in [-0.39, 0.29) is 30.1 Å². The first-order chi connectivity index (χ1) is 14.7. The first-order valence-electron chi connectivity index (χ1n) is 10.7. The Bertz CT molecular complexity index is 769. The van der Waals surface area contributed by atoms with Gasteiger partial charge in [-0.15, -0.1) is 0 Å². The van der Waals surface area contributed by atoms with Crippen LogP contribution < -0.4 is 4.74 Å². The quantitative estimate of drug-likeness (QED) is 0.553. The number of hydrogen-bond acceptors (Lipinski definition) is 4. The predicted molar refractivity (Wildman–Crippen MR) is 108 cm³/mol. The minimum Gasteiger partial charge on any atom is -0.484 e. The average molecular weight is 442 g/mol. The molecule has 5 nitrogen and oxygen atoms in total. The molecule has 31 heavy (non-hydrogen) atoms. The van der Waals surface area contributed by atoms with Crippen molar-refractivity contribution in [3.8, 4) is 5.75 Å². The number of aliphatic carboxylic acids is 1. The molecule has 0 unspecified atom stereocenters. The van der Waals surface area contributed by atoms with Crippen LogP contribution in [-0.4, -0.2) is 47.5 Å². The van der Waals surface area contributed by atoms with Gasteiger partial charge in [0, 0.05) is 25.4 Å². The number of halogens is 3. The largest absolute Gasteiger partial charge is 0.484 e. The molecule has 0 amide bonds. The van der Waals surface area contributed by atoms with E-state index in [1.54, 1.807) is 0 Å². The van der Waals surface area contributed by atoms with Crippen LogP contribution in [0.3, 0.4) is 0 Å². The maximum absolute atomic E-state index is 14.3. The number of ether oxygens (including phenoxy) is 2. The molecule has 172 valence electrons. The highest BCUT2D eigenvalue weighted by atomic mass is 19.3. The third-order valence-corrected chi connectivity index (χ3v) is 6.17. The van der Waals surface area contributed by atoms with Gasteiger partial charge in [0.05, 0.1) is 12.2 Å². The zero-order valence-electron chi connectivity index (χ0n) is 17.3. The molecule has 1 aromatic carbocycles. The molecule has 0 radical (unpaired) electrons. The molecule has 1 aliphatic carbocycles. The number of para-hydroxylation sites is 1. The summed E-state index contributed by atoms with van der Waals surface area (Å²) >= 11 is 0. The van der Waals surface area contributed by atoms with Gasteiger partial charge in [-0.1, -0.05) is 18.2 Å². The fraction of sp³-hybridized carbons (Fsp3) is 0.609. The van der Waals surface area contributed by atoms with Gasteiger partial charge in [-0.05, 0) is 55.7 Å². The highest BCUT2D eigenvalue weighted by molar-refractivity contribution is 5.66. The van der Waals surface area contributed by atoms with Crippen LogP contribution in [-0.2, 0) is 9.53 Å². The number of alkyl halides is 2. The minimum atomic E-state index is -3.31. The van der Waals surface area contributed by atoms with E-state index >= 15 is 0 Å². The molecule has 0 aromatic heterocycles. The van der Waals surface area contributed by atoms with Gasteiger partial charge in [0.2, 0.25) is 0 Å². The lowest BCUT2D eigenvalue weighted by atomic mass is 9.86. The topological polar surface area (TPSA) is 76.0 Å². The van der Waals surface area contributed by atoms with Gasteiger partial charge in [-0.2, -0.15) is 8.78 Å². The zero-order chi connectivity index (χ0) is 22.4. The lowest BCUT2D eigenvalue weighted by Crippen LogP contribution is -2.25. The van der Waals surface area contributed by atoms with E-state index in [0.717, 1.165) is 31.4 Å². The van der Waals surface area contributed by atoms with E-state index in [9.17, 15) is 23.1 Å². The fourth-order valence-electron chi connectivity index (χ4n) is 4.52. The number of carbonyl (C=O) groups is 1. The van der Waals surface area contributed by atoms with E-state index in [1.807, 2.05) is 0 Å². The van der Waals surface area contributed by atoms with Crippen molar-refractivity contribution in [2.24, 2.45) is 17.8 Å². The third kappa shape index (κ3) is 6.71. The summed E-state index contributed by atoms with van der Waals surface area (Å²) in [6.45, 7) is -0.500. The Hall–Kier alpha value is -2.06. The molecule has 5 atom stereocenters. The van der Waals surface area contributed by atoms with Crippen LogP contribution in [0.5, 0.6) is 5.75 Å². The number of hydrogen-bond donors (Lipinski definition) is 2. The summed E-state index contributed by atoms with van der Waals surface area (Å²) in [6.07, 6.45) is 4.50. The van der Waals surface area contributed by atoms with Crippen LogP contribution in [0.15, 0.2) is 36.4 Å². The molecule has 2 fully saturated rings. The lowest BCUT2D eigenvalue weighted by molar-refractivity contribution is -0.137. The molecule has 0 spiro atoms. The van der Waals surface area contributed by atoms with E-state index < -0.39 is 36.3 Å². The van der Waals surface area contributed by atoms with Crippen molar-refractivity contribution in [1.82, 2.24) is 0 Å². The van der Waals surface area contributed by atoms with Crippen LogP contribution >= 0.6 is 0 Å². The number of rotatable bonds is 9. The normalized spacial score (nSPS) is 29.0. The first-order valence-corrected chi connectivity index (χ1v) is 10.7. The fourth-order valence-corrected chi connectivity index (χ4v) is 4.52. The van der Waals surface area contributed by atoms with Crippen molar-refractivity contribution in [2.75, 3.05) is 13.2 Å². The number of fused-ring (bicyclic) bond motifs is 1. The number of benzene rings is 1. The SMILES string of the molecule is O=C(O)CCC[C@H]1CC[C@@H]2[C@@H](C=CC(F)(F)COc3ccccc3F)[C@H](O)C[C@@H]2OC1. The highest BCUT2D eigenvalue weighted by Gasteiger charge is 2.44. The molecular formula is C23H29F3O5. The molecule has 1 aliphatic heterocycles. The minimum absolute atomic E-state index is 0.0704. The zero-order valence-corrected chi connectivity index (χ0v) is 17.3. The smallest absolute Gasteiger partial charge is 0.303 e. The number of aliphatic hydroxyl groups excluding tert-OH is 1. The van der Waals surface area contributed by atoms with Crippen molar-refractivity contribution in [2.45, 2.75) is 56.7 Å². The molecule has 2 N–H and O–H groups in total. The third-order valence-electron chi connectivity index (χ3n) is 6.17. The Kier molecular flexibility index (Phi) is 8.00. The monoisotopic (exact) mass is 442 g/mol. The molecular weight excluding hydrogens is 413 g/mol. The van der Waals surface area contributed by atoms with Crippen molar-refractivity contribution >= 4 is 5.97 Å². The van der Waals surface area contributed by atoms with Crippen molar-refractivity contribution in [1.29, 1.82) is 0 Å². The second kappa shape index (κ2) is 10.5. The second-order valence-electron chi connectivity index (χ2n) is 8.48. The Balaban J connectivity index is 1.55. The molecule has 1 saturated heterocycles. The standard InChI is InChI=1S/C23H29F3O5/c24-18-5-1-2-6-20(18)31-14-23(25,26)11-10-16-17-9-8-15(4-3-7-22(28)29)13-30-21(17)12-19(16)27/h1-2,5-6,10-11,15-17,19,21,27H,3-4,7-9,12-14H2,(H,28,29)/t15-,16+,17+,19+,21-/m0/s1. The molecule has 1 aromatic rings. The van der Waals surface area contributed by atoms with E-state index in [4.69, 9.17) is 14.6 Å². The summed E-state index contributed by atoms with van der Waals surface area (Å²) in [5.41, 5.74) is 0. The van der Waals surface area contributed by atoms with E-state index in [0.29, 0.717) is 19.4 Å². The maximum Gasteiger partial charge on any atom is 0.303 e. The van der Waals surface area contributed by atoms with Crippen LogP contribution in [0.25, 0.3) is 0 Å². The van der Waals surface area contributed by atoms with Crippen molar-refractivity contribution in [3.05, 3.63) is 42.2 Å². The summed E-state index contributed by atoms with van der Waals surface area (Å²) in [7, 11) is 0. The van der Waals surface area contributed by atoms with E-state index in [2.05, 4.69) is 0 Å². The number of carboxylic acids is 1. The average Bonchev–Trinajstić information content (AvgIpc) is 2.88. The van der Waals surface area contributed by atoms with Gasteiger partial charge < -0.3 is 19.7 Å². The Morgan fingerprint density at radius 1 is 1.29 bits per heavy atom. The Morgan fingerprint density at radius 2 is 2.06 bits per heavy atom. The van der Waals surface area contributed by atoms with Gasteiger partial charge in [-0.3, -0.25) is 4.79 Å².